The van der Waals surface area contributed by atoms with E-state index in [0.29, 0.717) is 0 Å². The Morgan fingerprint density at radius 3 is 2.80 bits per heavy atom. The summed E-state index contributed by atoms with van der Waals surface area (Å²) >= 11 is 0. The quantitative estimate of drug-likeness (QED) is 0.428. The third kappa shape index (κ3) is 1.85. The van der Waals surface area contributed by atoms with Crippen LogP contribution in [0.5, 0.6) is 0 Å². The van der Waals surface area contributed by atoms with Crippen molar-refractivity contribution in [1.82, 2.24) is 4.81 Å². The Balaban J connectivity index is 2.45. The molecule has 0 amide bonds. The average molecular weight is 139 g/mol. The minimum Gasteiger partial charge on any atom is -0.437 e. The second kappa shape index (κ2) is 3.22. The van der Waals surface area contributed by atoms with Crippen LogP contribution < -0.4 is 0 Å². The Hall–Kier alpha value is -0.275. The van der Waals surface area contributed by atoms with E-state index >= 15 is 0 Å². The van der Waals surface area contributed by atoms with Crippen molar-refractivity contribution < 1.29 is 5.02 Å². The maximum absolute atomic E-state index is 9.19. The van der Waals surface area contributed by atoms with Crippen LogP contribution >= 0.6 is 0 Å². The number of hydrogen-bond acceptors (Lipinski definition) is 2. The monoisotopic (exact) mass is 139 g/mol. The molecule has 0 radical (unpaired) electrons. The van der Waals surface area contributed by atoms with Crippen molar-refractivity contribution in [3.63, 3.8) is 0 Å². The standard InChI is InChI=1S/C7H14BNO/c1-7-4-3-5-9(6-7)8(2)10/h4,10H,3,5-6H2,1-2H3. The van der Waals surface area contributed by atoms with Gasteiger partial charge in [0.2, 0.25) is 0 Å². The van der Waals surface area contributed by atoms with Crippen molar-refractivity contribution in [2.24, 2.45) is 0 Å². The summed E-state index contributed by atoms with van der Waals surface area (Å²) in [6, 6.07) is 0. The molecule has 56 valence electrons. The van der Waals surface area contributed by atoms with Gasteiger partial charge in [-0.25, -0.2) is 0 Å². The lowest BCUT2D eigenvalue weighted by Gasteiger charge is -2.26. The van der Waals surface area contributed by atoms with Crippen molar-refractivity contribution in [1.29, 1.82) is 0 Å². The van der Waals surface area contributed by atoms with Crippen LogP contribution in [0, 0.1) is 0 Å². The van der Waals surface area contributed by atoms with Crippen molar-refractivity contribution >= 4 is 7.05 Å². The first-order chi connectivity index (χ1) is 4.70. The largest absolute Gasteiger partial charge is 0.437 e. The molecule has 0 unspecified atom stereocenters. The molecular formula is C7H14BNO. The van der Waals surface area contributed by atoms with Gasteiger partial charge in [-0.05, 0) is 26.7 Å². The van der Waals surface area contributed by atoms with Crippen LogP contribution in [0.4, 0.5) is 0 Å². The maximum atomic E-state index is 9.19. The maximum Gasteiger partial charge on any atom is 0.376 e. The highest BCUT2D eigenvalue weighted by Crippen LogP contribution is 2.08. The Morgan fingerprint density at radius 1 is 1.70 bits per heavy atom. The highest BCUT2D eigenvalue weighted by atomic mass is 16.2. The molecule has 0 saturated heterocycles. The van der Waals surface area contributed by atoms with E-state index < -0.39 is 0 Å². The number of hydrogen-bond donors (Lipinski definition) is 1. The first-order valence-corrected chi connectivity index (χ1v) is 3.78. The molecule has 1 rings (SSSR count). The van der Waals surface area contributed by atoms with E-state index in [9.17, 15) is 5.02 Å². The molecule has 1 heterocycles. The van der Waals surface area contributed by atoms with Gasteiger partial charge < -0.3 is 9.83 Å². The van der Waals surface area contributed by atoms with Crippen LogP contribution in [0.1, 0.15) is 13.3 Å². The molecule has 0 spiro atoms. The molecule has 1 N–H and O–H groups in total. The lowest BCUT2D eigenvalue weighted by molar-refractivity contribution is 0.380. The van der Waals surface area contributed by atoms with E-state index in [0.717, 1.165) is 19.5 Å². The predicted molar refractivity (Wildman–Crippen MR) is 43.8 cm³/mol. The zero-order valence-electron chi connectivity index (χ0n) is 6.67. The lowest BCUT2D eigenvalue weighted by atomic mass is 9.83. The van der Waals surface area contributed by atoms with Gasteiger partial charge in [0.1, 0.15) is 0 Å². The summed E-state index contributed by atoms with van der Waals surface area (Å²) < 4.78 is 0. The molecule has 2 nitrogen and oxygen atoms in total. The van der Waals surface area contributed by atoms with E-state index in [4.69, 9.17) is 0 Å². The molecular weight excluding hydrogens is 125 g/mol. The summed E-state index contributed by atoms with van der Waals surface area (Å²) in [4.78, 5) is 2.06. The van der Waals surface area contributed by atoms with Crippen molar-refractivity contribution in [3.05, 3.63) is 11.6 Å². The van der Waals surface area contributed by atoms with Gasteiger partial charge in [0.05, 0.1) is 0 Å². The van der Waals surface area contributed by atoms with Gasteiger partial charge in [0, 0.05) is 6.54 Å². The smallest absolute Gasteiger partial charge is 0.376 e. The van der Waals surface area contributed by atoms with Crippen LogP contribution in [0.15, 0.2) is 11.6 Å². The molecule has 0 fully saturated rings. The van der Waals surface area contributed by atoms with Gasteiger partial charge in [-0.2, -0.15) is 0 Å². The van der Waals surface area contributed by atoms with E-state index in [1.165, 1.54) is 5.57 Å². The normalized spacial score (nSPS) is 20.5. The van der Waals surface area contributed by atoms with Crippen LogP contribution in [0.25, 0.3) is 0 Å². The third-order valence-electron chi connectivity index (χ3n) is 1.89. The third-order valence-corrected chi connectivity index (χ3v) is 1.89. The van der Waals surface area contributed by atoms with Gasteiger partial charge in [0.15, 0.2) is 0 Å². The van der Waals surface area contributed by atoms with Crippen molar-refractivity contribution in [2.75, 3.05) is 13.1 Å². The molecule has 0 aromatic rings. The van der Waals surface area contributed by atoms with Gasteiger partial charge in [-0.1, -0.05) is 11.6 Å². The van der Waals surface area contributed by atoms with Crippen LogP contribution in [-0.2, 0) is 0 Å². The second-order valence-corrected chi connectivity index (χ2v) is 2.94. The van der Waals surface area contributed by atoms with Crippen LogP contribution in [0.2, 0.25) is 6.82 Å². The summed E-state index contributed by atoms with van der Waals surface area (Å²) in [6.07, 6.45) is 3.32. The molecule has 3 heteroatoms. The van der Waals surface area contributed by atoms with Crippen molar-refractivity contribution in [2.45, 2.75) is 20.2 Å². The van der Waals surface area contributed by atoms with Crippen LogP contribution in [-0.4, -0.2) is 30.0 Å². The lowest BCUT2D eigenvalue weighted by Crippen LogP contribution is -2.40. The average Bonchev–Trinajstić information content (AvgIpc) is 1.88. The number of nitrogens with zero attached hydrogens (tertiary/aromatic N) is 1. The molecule has 0 bridgehead atoms. The van der Waals surface area contributed by atoms with Crippen molar-refractivity contribution in [3.8, 4) is 0 Å². The minimum absolute atomic E-state index is 0.288. The van der Waals surface area contributed by atoms with Gasteiger partial charge in [-0.15, -0.1) is 0 Å². The van der Waals surface area contributed by atoms with Gasteiger partial charge >= 0.3 is 7.05 Å². The van der Waals surface area contributed by atoms with Gasteiger partial charge in [-0.3, -0.25) is 0 Å². The summed E-state index contributed by atoms with van der Waals surface area (Å²) in [5.74, 6) is 0. The zero-order chi connectivity index (χ0) is 7.56. The van der Waals surface area contributed by atoms with E-state index in [-0.39, 0.29) is 7.05 Å². The van der Waals surface area contributed by atoms with E-state index in [2.05, 4.69) is 17.8 Å². The first kappa shape index (κ1) is 7.83. The molecule has 1 aliphatic heterocycles. The summed E-state index contributed by atoms with van der Waals surface area (Å²) in [5.41, 5.74) is 1.37. The topological polar surface area (TPSA) is 23.5 Å². The predicted octanol–water partition coefficient (Wildman–Crippen LogP) is 0.749. The first-order valence-electron chi connectivity index (χ1n) is 3.78. The fraction of sp³-hybridized carbons (Fsp3) is 0.714. The SMILES string of the molecule is CB(O)N1CCC=C(C)C1. The summed E-state index contributed by atoms with van der Waals surface area (Å²) in [5, 5.41) is 9.19. The molecule has 0 aromatic heterocycles. The van der Waals surface area contributed by atoms with E-state index in [1.807, 2.05) is 6.82 Å². The molecule has 10 heavy (non-hydrogen) atoms. The molecule has 0 aliphatic carbocycles. The highest BCUT2D eigenvalue weighted by Gasteiger charge is 2.17. The fourth-order valence-corrected chi connectivity index (χ4v) is 1.26. The Morgan fingerprint density at radius 2 is 2.40 bits per heavy atom. The number of rotatable bonds is 1. The Kier molecular flexibility index (Phi) is 2.52. The second-order valence-electron chi connectivity index (χ2n) is 2.94. The van der Waals surface area contributed by atoms with E-state index in [1.54, 1.807) is 0 Å². The summed E-state index contributed by atoms with van der Waals surface area (Å²) in [6.45, 7) is 5.85. The molecule has 1 aliphatic rings. The Bertz CT molecular complexity index is 145. The fourth-order valence-electron chi connectivity index (χ4n) is 1.26. The summed E-state index contributed by atoms with van der Waals surface area (Å²) in [7, 11) is -0.288. The Labute approximate surface area is 62.7 Å². The minimum atomic E-state index is -0.288. The zero-order valence-corrected chi connectivity index (χ0v) is 6.67. The highest BCUT2D eigenvalue weighted by molar-refractivity contribution is 6.45. The van der Waals surface area contributed by atoms with Crippen LogP contribution in [0.3, 0.4) is 0 Å². The molecule has 0 atom stereocenters. The van der Waals surface area contributed by atoms with Gasteiger partial charge in [0.25, 0.3) is 0 Å². The molecule has 0 aromatic carbocycles. The molecule has 0 saturated carbocycles.